The first-order valence-corrected chi connectivity index (χ1v) is 15.0. The number of benzene rings is 2. The summed E-state index contributed by atoms with van der Waals surface area (Å²) >= 11 is -4.43. The van der Waals surface area contributed by atoms with Gasteiger partial charge in [0, 0.05) is 0 Å². The van der Waals surface area contributed by atoms with Crippen molar-refractivity contribution < 1.29 is 12.8 Å². The van der Waals surface area contributed by atoms with E-state index in [-0.39, 0.29) is 0 Å². The predicted octanol–water partition coefficient (Wildman–Crippen LogP) is 6.19. The quantitative estimate of drug-likeness (QED) is 0.240. The summed E-state index contributed by atoms with van der Waals surface area (Å²) in [5, 5.41) is 10.9. The fraction of sp³-hybridized carbons (Fsp3) is 0.481. The molecule has 0 aliphatic carbocycles. The van der Waals surface area contributed by atoms with Gasteiger partial charge in [0.25, 0.3) is 0 Å². The molecule has 1 N–H and O–H groups in total. The van der Waals surface area contributed by atoms with Crippen molar-refractivity contribution in [2.24, 2.45) is 0 Å². The average Bonchev–Trinajstić information content (AvgIpc) is 2.79. The number of hydrogen-bond acceptors (Lipinski definition) is 3. The third-order valence-electron chi connectivity index (χ3n) is 5.67. The van der Waals surface area contributed by atoms with Crippen molar-refractivity contribution in [2.45, 2.75) is 83.7 Å². The Morgan fingerprint density at radius 1 is 0.839 bits per heavy atom. The Bertz CT molecular complexity index is 858. The topological polar surface area (TPSA) is 54.4 Å². The molecule has 2 aromatic carbocycles. The average molecular weight is 490 g/mol. The Balaban J connectivity index is 1.99. The summed E-state index contributed by atoms with van der Waals surface area (Å²) in [6, 6.07) is 18.6. The second kappa shape index (κ2) is 14.3. The van der Waals surface area contributed by atoms with E-state index in [4.69, 9.17) is 0 Å². The van der Waals surface area contributed by atoms with Crippen LogP contribution >= 0.6 is 0 Å². The van der Waals surface area contributed by atoms with Gasteiger partial charge >= 0.3 is 190 Å². The number of aryl methyl sites for hydroxylation is 1. The molecule has 0 amide bonds. The van der Waals surface area contributed by atoms with Crippen molar-refractivity contribution in [3.63, 3.8) is 0 Å². The van der Waals surface area contributed by atoms with Gasteiger partial charge in [0.1, 0.15) is 0 Å². The van der Waals surface area contributed by atoms with Crippen LogP contribution in [-0.2, 0) is 14.1 Å². The molecular formula is C27H38O3Se. The third kappa shape index (κ3) is 9.95. The Labute approximate surface area is 190 Å². The van der Waals surface area contributed by atoms with Crippen molar-refractivity contribution in [3.05, 3.63) is 76.8 Å². The molecule has 0 saturated heterocycles. The number of unbranched alkanes of at least 4 members (excludes halogenated alkanes) is 7. The zero-order chi connectivity index (χ0) is 22.4. The van der Waals surface area contributed by atoms with Crippen LogP contribution in [0.1, 0.15) is 76.7 Å². The summed E-state index contributed by atoms with van der Waals surface area (Å²) in [5.74, 6) is 0. The molecule has 0 aliphatic heterocycles. The van der Waals surface area contributed by atoms with Gasteiger partial charge in [-0.3, -0.25) is 0 Å². The summed E-state index contributed by atoms with van der Waals surface area (Å²) in [4.78, 5) is 1.39. The molecule has 170 valence electrons. The standard InChI is InChI=1S/C27H38O3Se/c1-2-3-4-5-6-7-8-13-18-25(23-31(29,30)26-19-14-10-15-20-26)27(28)22-21-24-16-11-9-12-17-24/h9-12,14-17,19-20,23,27-28H,2-8,13,18,21-22H2,1H3/b25-23-. The van der Waals surface area contributed by atoms with Crippen LogP contribution in [0.25, 0.3) is 0 Å². The molecule has 3 nitrogen and oxygen atoms in total. The second-order valence-electron chi connectivity index (χ2n) is 8.32. The first-order chi connectivity index (χ1) is 15.0. The fourth-order valence-electron chi connectivity index (χ4n) is 3.78. The van der Waals surface area contributed by atoms with Crippen LogP contribution in [0.4, 0.5) is 0 Å². The van der Waals surface area contributed by atoms with Crippen molar-refractivity contribution >= 4 is 17.2 Å². The third-order valence-corrected chi connectivity index (χ3v) is 8.91. The van der Waals surface area contributed by atoms with Crippen molar-refractivity contribution in [1.29, 1.82) is 0 Å². The molecule has 0 spiro atoms. The van der Waals surface area contributed by atoms with Crippen LogP contribution < -0.4 is 4.46 Å². The van der Waals surface area contributed by atoms with Gasteiger partial charge in [-0.15, -0.1) is 0 Å². The maximum absolute atomic E-state index is 12.9. The van der Waals surface area contributed by atoms with E-state index >= 15 is 0 Å². The van der Waals surface area contributed by atoms with E-state index in [1.165, 1.54) is 43.5 Å². The normalized spacial score (nSPS) is 13.3. The molecule has 1 atom stereocenters. The van der Waals surface area contributed by atoms with Crippen LogP contribution in [0.2, 0.25) is 0 Å². The molecule has 0 fully saturated rings. The molecule has 31 heavy (non-hydrogen) atoms. The zero-order valence-electron chi connectivity index (χ0n) is 18.9. The van der Waals surface area contributed by atoms with E-state index in [0.717, 1.165) is 24.8 Å². The van der Waals surface area contributed by atoms with Gasteiger partial charge in [0.15, 0.2) is 0 Å². The number of aliphatic hydroxyl groups is 1. The van der Waals surface area contributed by atoms with Gasteiger partial charge < -0.3 is 0 Å². The molecule has 0 aliphatic rings. The van der Waals surface area contributed by atoms with Crippen LogP contribution in [-0.4, -0.2) is 23.9 Å². The summed E-state index contributed by atoms with van der Waals surface area (Å²) < 4.78 is 26.2. The Kier molecular flexibility index (Phi) is 11.8. The number of rotatable bonds is 15. The molecule has 2 aromatic rings. The molecule has 1 unspecified atom stereocenters. The first kappa shape index (κ1) is 25.5. The summed E-state index contributed by atoms with van der Waals surface area (Å²) in [6.45, 7) is 2.22. The SMILES string of the molecule is CCCCCCCCCC/C(=C/[Se](=O)(=O)c1ccccc1)C(O)CCc1ccccc1. The van der Waals surface area contributed by atoms with E-state index in [1.807, 2.05) is 36.4 Å². The molecule has 0 aromatic heterocycles. The molecule has 0 saturated carbocycles. The fourth-order valence-corrected chi connectivity index (χ4v) is 6.60. The summed E-state index contributed by atoms with van der Waals surface area (Å²) in [6.07, 6.45) is 10.7. The summed E-state index contributed by atoms with van der Waals surface area (Å²) in [5.41, 5.74) is 1.82. The van der Waals surface area contributed by atoms with E-state index in [0.29, 0.717) is 22.9 Å². The van der Waals surface area contributed by atoms with Gasteiger partial charge in [0.2, 0.25) is 0 Å². The predicted molar refractivity (Wildman–Crippen MR) is 129 cm³/mol. The molecule has 4 heteroatoms. The van der Waals surface area contributed by atoms with Gasteiger partial charge in [0.05, 0.1) is 0 Å². The van der Waals surface area contributed by atoms with E-state index < -0.39 is 18.8 Å². The zero-order valence-corrected chi connectivity index (χ0v) is 20.6. The van der Waals surface area contributed by atoms with Gasteiger partial charge in [-0.05, 0) is 0 Å². The molecule has 0 radical (unpaired) electrons. The molecular weight excluding hydrogens is 451 g/mol. The Hall–Kier alpha value is -1.74. The number of aliphatic hydroxyl groups excluding tert-OH is 1. The monoisotopic (exact) mass is 490 g/mol. The summed E-state index contributed by atoms with van der Waals surface area (Å²) in [7, 11) is 0. The maximum atomic E-state index is 12.9. The van der Waals surface area contributed by atoms with E-state index in [2.05, 4.69) is 6.92 Å². The number of hydrogen-bond donors (Lipinski definition) is 1. The Morgan fingerprint density at radius 2 is 1.39 bits per heavy atom. The van der Waals surface area contributed by atoms with Gasteiger partial charge in [-0.1, -0.05) is 0 Å². The molecule has 0 bridgehead atoms. The van der Waals surface area contributed by atoms with Crippen LogP contribution in [0, 0.1) is 0 Å². The van der Waals surface area contributed by atoms with Crippen molar-refractivity contribution in [3.8, 4) is 0 Å². The van der Waals surface area contributed by atoms with Crippen LogP contribution in [0.15, 0.2) is 71.2 Å². The minimum atomic E-state index is -4.43. The van der Waals surface area contributed by atoms with E-state index in [9.17, 15) is 12.8 Å². The van der Waals surface area contributed by atoms with Crippen LogP contribution in [0.3, 0.4) is 0 Å². The molecule has 0 heterocycles. The van der Waals surface area contributed by atoms with Gasteiger partial charge in [-0.2, -0.15) is 0 Å². The first-order valence-electron chi connectivity index (χ1n) is 11.8. The molecule has 2 rings (SSSR count). The Morgan fingerprint density at radius 3 is 2.00 bits per heavy atom. The van der Waals surface area contributed by atoms with Crippen LogP contribution in [0.5, 0.6) is 0 Å². The minimum absolute atomic E-state index is 0.349. The van der Waals surface area contributed by atoms with E-state index in [1.54, 1.807) is 24.3 Å². The van der Waals surface area contributed by atoms with Gasteiger partial charge in [-0.25, -0.2) is 0 Å². The van der Waals surface area contributed by atoms with Crippen molar-refractivity contribution in [1.82, 2.24) is 0 Å². The second-order valence-corrected chi connectivity index (χ2v) is 12.1. The van der Waals surface area contributed by atoms with Crippen molar-refractivity contribution in [2.75, 3.05) is 0 Å².